The van der Waals surface area contributed by atoms with Crippen LogP contribution in [-0.2, 0) is 12.8 Å². The van der Waals surface area contributed by atoms with E-state index in [1.54, 1.807) is 4.88 Å². The predicted octanol–water partition coefficient (Wildman–Crippen LogP) is 3.25. The molecule has 3 heteroatoms. The van der Waals surface area contributed by atoms with Crippen molar-refractivity contribution in [3.8, 4) is 0 Å². The van der Waals surface area contributed by atoms with Crippen LogP contribution in [0.2, 0.25) is 0 Å². The van der Waals surface area contributed by atoms with Gasteiger partial charge in [-0.1, -0.05) is 19.3 Å². The molecule has 17 heavy (non-hydrogen) atoms. The number of nitrogens with two attached hydrogens (primary N) is 1. The Morgan fingerprint density at radius 1 is 1.18 bits per heavy atom. The van der Waals surface area contributed by atoms with E-state index in [0.717, 1.165) is 12.5 Å². The maximum absolute atomic E-state index is 5.79. The van der Waals surface area contributed by atoms with E-state index in [0.29, 0.717) is 5.92 Å². The van der Waals surface area contributed by atoms with Crippen LogP contribution in [0, 0.1) is 5.92 Å². The lowest BCUT2D eigenvalue weighted by Crippen LogP contribution is -2.21. The van der Waals surface area contributed by atoms with Crippen molar-refractivity contribution in [2.24, 2.45) is 11.7 Å². The summed E-state index contributed by atoms with van der Waals surface area (Å²) >= 11 is 1.99. The third-order valence-corrected chi connectivity index (χ3v) is 5.63. The summed E-state index contributed by atoms with van der Waals surface area (Å²) in [4.78, 5) is 6.47. The van der Waals surface area contributed by atoms with Gasteiger partial charge in [0.25, 0.3) is 0 Å². The molecule has 1 aromatic heterocycles. The van der Waals surface area contributed by atoms with Gasteiger partial charge in [-0.3, -0.25) is 0 Å². The molecule has 2 N–H and O–H groups in total. The van der Waals surface area contributed by atoms with E-state index >= 15 is 0 Å². The highest BCUT2D eigenvalue weighted by Gasteiger charge is 2.25. The topological polar surface area (TPSA) is 38.9 Å². The Labute approximate surface area is 108 Å². The van der Waals surface area contributed by atoms with Crippen LogP contribution < -0.4 is 5.73 Å². The van der Waals surface area contributed by atoms with Crippen molar-refractivity contribution in [2.45, 2.75) is 57.3 Å². The number of hydrogen-bond donors (Lipinski definition) is 1. The average Bonchev–Trinajstić information content (AvgIpc) is 2.82. The smallest absolute Gasteiger partial charge is 0.0962 e. The Hall–Kier alpha value is -0.410. The second-order valence-corrected chi connectivity index (χ2v) is 6.72. The molecule has 94 valence electrons. The zero-order chi connectivity index (χ0) is 11.7. The van der Waals surface area contributed by atoms with Crippen LogP contribution in [0.4, 0.5) is 0 Å². The molecule has 2 aliphatic carbocycles. The van der Waals surface area contributed by atoms with Crippen LogP contribution in [0.1, 0.15) is 60.0 Å². The molecule has 3 rings (SSSR count). The minimum absolute atomic E-state index is 0.710. The zero-order valence-electron chi connectivity index (χ0n) is 10.5. The third-order valence-electron chi connectivity index (χ3n) is 4.35. The molecule has 0 amide bonds. The fraction of sp³-hybridized carbons (Fsp3) is 0.786. The average molecular weight is 250 g/mol. The second kappa shape index (κ2) is 5.07. The molecule has 0 bridgehead atoms. The molecule has 0 aromatic carbocycles. The fourth-order valence-corrected chi connectivity index (χ4v) is 4.58. The maximum Gasteiger partial charge on any atom is 0.0962 e. The van der Waals surface area contributed by atoms with Gasteiger partial charge in [0.1, 0.15) is 0 Å². The van der Waals surface area contributed by atoms with Crippen molar-refractivity contribution in [3.05, 3.63) is 15.6 Å². The van der Waals surface area contributed by atoms with Crippen LogP contribution in [0.25, 0.3) is 0 Å². The summed E-state index contributed by atoms with van der Waals surface area (Å²) in [6.45, 7) is 0.843. The Kier molecular flexibility index (Phi) is 3.48. The van der Waals surface area contributed by atoms with Gasteiger partial charge in [0.2, 0.25) is 0 Å². The minimum Gasteiger partial charge on any atom is -0.330 e. The van der Waals surface area contributed by atoms with Crippen molar-refractivity contribution >= 4 is 11.3 Å². The van der Waals surface area contributed by atoms with Gasteiger partial charge in [-0.2, -0.15) is 0 Å². The lowest BCUT2D eigenvalue weighted by atomic mass is 9.89. The molecule has 0 aliphatic heterocycles. The molecule has 1 fully saturated rings. The van der Waals surface area contributed by atoms with Gasteiger partial charge in [0.05, 0.1) is 10.7 Å². The Morgan fingerprint density at radius 3 is 2.76 bits per heavy atom. The molecule has 1 saturated carbocycles. The van der Waals surface area contributed by atoms with Gasteiger partial charge in [-0.15, -0.1) is 11.3 Å². The monoisotopic (exact) mass is 250 g/mol. The van der Waals surface area contributed by atoms with Crippen molar-refractivity contribution in [1.29, 1.82) is 0 Å². The quantitative estimate of drug-likeness (QED) is 0.875. The number of hydrogen-bond acceptors (Lipinski definition) is 3. The molecule has 0 radical (unpaired) electrons. The van der Waals surface area contributed by atoms with Crippen molar-refractivity contribution < 1.29 is 0 Å². The summed E-state index contributed by atoms with van der Waals surface area (Å²) in [5, 5.41) is 1.44. The van der Waals surface area contributed by atoms with Crippen LogP contribution >= 0.6 is 11.3 Å². The Bertz CT molecular complexity index is 380. The minimum atomic E-state index is 0.710. The highest BCUT2D eigenvalue weighted by molar-refractivity contribution is 7.11. The maximum atomic E-state index is 5.79. The van der Waals surface area contributed by atoms with Crippen molar-refractivity contribution in [2.75, 3.05) is 6.54 Å². The van der Waals surface area contributed by atoms with E-state index in [2.05, 4.69) is 0 Å². The summed E-state index contributed by atoms with van der Waals surface area (Å²) in [6.07, 6.45) is 10.6. The Morgan fingerprint density at radius 2 is 2.00 bits per heavy atom. The lowest BCUT2D eigenvalue weighted by Gasteiger charge is -2.18. The normalized spacial score (nSPS) is 25.8. The number of nitrogens with zero attached hydrogens (tertiary/aromatic N) is 1. The van der Waals surface area contributed by atoms with E-state index in [1.165, 1.54) is 62.1 Å². The van der Waals surface area contributed by atoms with E-state index in [-0.39, 0.29) is 0 Å². The SMILES string of the molecule is NCC1CCc2nc(C3CCCCC3)sc2C1. The van der Waals surface area contributed by atoms with Crippen LogP contribution in [-0.4, -0.2) is 11.5 Å². The van der Waals surface area contributed by atoms with E-state index < -0.39 is 0 Å². The molecule has 0 saturated heterocycles. The first-order chi connectivity index (χ1) is 8.36. The molecular weight excluding hydrogens is 228 g/mol. The van der Waals surface area contributed by atoms with Gasteiger partial charge >= 0.3 is 0 Å². The van der Waals surface area contributed by atoms with Crippen molar-refractivity contribution in [1.82, 2.24) is 4.98 Å². The Balaban J connectivity index is 1.77. The lowest BCUT2D eigenvalue weighted by molar-refractivity contribution is 0.440. The molecule has 1 unspecified atom stereocenters. The second-order valence-electron chi connectivity index (χ2n) is 5.60. The summed E-state index contributed by atoms with van der Waals surface area (Å²) < 4.78 is 0. The van der Waals surface area contributed by atoms with Crippen LogP contribution in [0.3, 0.4) is 0 Å². The summed E-state index contributed by atoms with van der Waals surface area (Å²) in [5.41, 5.74) is 7.20. The number of rotatable bonds is 2. The number of aromatic nitrogens is 1. The van der Waals surface area contributed by atoms with E-state index in [9.17, 15) is 0 Å². The summed E-state index contributed by atoms with van der Waals surface area (Å²) in [7, 11) is 0. The standard InChI is InChI=1S/C14H22N2S/c15-9-10-6-7-12-13(8-10)17-14(16-12)11-4-2-1-3-5-11/h10-11H,1-9,15H2. The largest absolute Gasteiger partial charge is 0.330 e. The van der Waals surface area contributed by atoms with E-state index in [4.69, 9.17) is 10.7 Å². The molecule has 2 nitrogen and oxygen atoms in total. The van der Waals surface area contributed by atoms with Gasteiger partial charge in [-0.25, -0.2) is 4.98 Å². The molecule has 1 aromatic rings. The fourth-order valence-electron chi connectivity index (χ4n) is 3.19. The highest BCUT2D eigenvalue weighted by Crippen LogP contribution is 2.38. The zero-order valence-corrected chi connectivity index (χ0v) is 11.3. The van der Waals surface area contributed by atoms with Gasteiger partial charge in [0, 0.05) is 10.8 Å². The number of fused-ring (bicyclic) bond motifs is 1. The highest BCUT2D eigenvalue weighted by atomic mass is 32.1. The van der Waals surface area contributed by atoms with Crippen LogP contribution in [0.15, 0.2) is 0 Å². The first-order valence-electron chi connectivity index (χ1n) is 7.05. The molecule has 2 aliphatic rings. The van der Waals surface area contributed by atoms with Crippen LogP contribution in [0.5, 0.6) is 0 Å². The van der Waals surface area contributed by atoms with Gasteiger partial charge in [-0.05, 0) is 44.6 Å². The first kappa shape index (κ1) is 11.7. The number of thiazole rings is 1. The molecule has 1 heterocycles. The first-order valence-corrected chi connectivity index (χ1v) is 7.87. The molecule has 1 atom stereocenters. The number of aryl methyl sites for hydroxylation is 1. The predicted molar refractivity (Wildman–Crippen MR) is 72.5 cm³/mol. The van der Waals surface area contributed by atoms with Gasteiger partial charge < -0.3 is 5.73 Å². The molecule has 0 spiro atoms. The third kappa shape index (κ3) is 2.41. The summed E-state index contributed by atoms with van der Waals surface area (Å²) in [5.74, 6) is 1.48. The molecular formula is C14H22N2S. The van der Waals surface area contributed by atoms with Crippen molar-refractivity contribution in [3.63, 3.8) is 0 Å². The van der Waals surface area contributed by atoms with Gasteiger partial charge in [0.15, 0.2) is 0 Å². The summed E-state index contributed by atoms with van der Waals surface area (Å²) in [6, 6.07) is 0. The van der Waals surface area contributed by atoms with E-state index in [1.807, 2.05) is 11.3 Å².